The number of benzene rings is 1. The van der Waals surface area contributed by atoms with Gasteiger partial charge in [0.1, 0.15) is 11.6 Å². The lowest BCUT2D eigenvalue weighted by atomic mass is 10.2. The lowest BCUT2D eigenvalue weighted by Crippen LogP contribution is -2.17. The van der Waals surface area contributed by atoms with Gasteiger partial charge in [0, 0.05) is 13.6 Å². The molecule has 0 bridgehead atoms. The molecule has 1 heterocycles. The summed E-state index contributed by atoms with van der Waals surface area (Å²) in [5.41, 5.74) is 6.79. The molecule has 0 saturated heterocycles. The molecule has 0 aliphatic rings. The Kier molecular flexibility index (Phi) is 3.44. The standard InChI is InChI=1S/C13H15FN2O/c1-16(9-11-3-2-6-17-11)13-5-4-10(8-15)7-12(13)14/h2-7H,8-9,15H2,1H3. The van der Waals surface area contributed by atoms with Gasteiger partial charge in [0.05, 0.1) is 18.5 Å². The van der Waals surface area contributed by atoms with E-state index in [0.29, 0.717) is 18.8 Å². The van der Waals surface area contributed by atoms with Crippen LogP contribution in [0.5, 0.6) is 0 Å². The third kappa shape index (κ3) is 2.65. The number of furan rings is 1. The van der Waals surface area contributed by atoms with E-state index >= 15 is 0 Å². The summed E-state index contributed by atoms with van der Waals surface area (Å²) in [6, 6.07) is 8.71. The second-order valence-electron chi connectivity index (χ2n) is 3.93. The molecule has 0 aliphatic heterocycles. The zero-order valence-electron chi connectivity index (χ0n) is 9.69. The molecule has 0 radical (unpaired) electrons. The van der Waals surface area contributed by atoms with Gasteiger partial charge < -0.3 is 15.1 Å². The number of nitrogens with two attached hydrogens (primary N) is 1. The van der Waals surface area contributed by atoms with Crippen molar-refractivity contribution in [1.82, 2.24) is 0 Å². The average Bonchev–Trinajstić information content (AvgIpc) is 2.81. The highest BCUT2D eigenvalue weighted by Gasteiger charge is 2.09. The molecule has 17 heavy (non-hydrogen) atoms. The van der Waals surface area contributed by atoms with Crippen molar-refractivity contribution in [2.45, 2.75) is 13.1 Å². The first-order valence-electron chi connectivity index (χ1n) is 5.42. The fourth-order valence-electron chi connectivity index (χ4n) is 1.71. The van der Waals surface area contributed by atoms with Crippen LogP contribution < -0.4 is 10.6 Å². The molecule has 2 rings (SSSR count). The van der Waals surface area contributed by atoms with Gasteiger partial charge in [-0.05, 0) is 29.8 Å². The molecule has 2 aromatic rings. The summed E-state index contributed by atoms with van der Waals surface area (Å²) in [7, 11) is 1.82. The largest absolute Gasteiger partial charge is 0.467 e. The molecule has 3 nitrogen and oxygen atoms in total. The smallest absolute Gasteiger partial charge is 0.146 e. The Bertz CT molecular complexity index is 482. The minimum Gasteiger partial charge on any atom is -0.467 e. The van der Waals surface area contributed by atoms with Crippen LogP contribution in [0.15, 0.2) is 41.0 Å². The predicted octanol–water partition coefficient (Wildman–Crippen LogP) is 2.51. The fourth-order valence-corrected chi connectivity index (χ4v) is 1.71. The Balaban J connectivity index is 2.16. The normalized spacial score (nSPS) is 10.5. The molecule has 2 N–H and O–H groups in total. The van der Waals surface area contributed by atoms with Crippen LogP contribution in [0, 0.1) is 5.82 Å². The topological polar surface area (TPSA) is 42.4 Å². The van der Waals surface area contributed by atoms with Gasteiger partial charge in [-0.1, -0.05) is 6.07 Å². The van der Waals surface area contributed by atoms with E-state index in [-0.39, 0.29) is 5.82 Å². The number of anilines is 1. The number of nitrogens with zero attached hydrogens (tertiary/aromatic N) is 1. The fraction of sp³-hybridized carbons (Fsp3) is 0.231. The average molecular weight is 234 g/mol. The van der Waals surface area contributed by atoms with Crippen molar-refractivity contribution in [3.63, 3.8) is 0 Å². The Morgan fingerprint density at radius 3 is 2.76 bits per heavy atom. The molecule has 0 atom stereocenters. The highest BCUT2D eigenvalue weighted by molar-refractivity contribution is 5.48. The second-order valence-corrected chi connectivity index (χ2v) is 3.93. The minimum absolute atomic E-state index is 0.262. The number of halogens is 1. The van der Waals surface area contributed by atoms with Gasteiger partial charge in [-0.3, -0.25) is 0 Å². The van der Waals surface area contributed by atoms with Crippen molar-refractivity contribution in [3.05, 3.63) is 53.7 Å². The van der Waals surface area contributed by atoms with Gasteiger partial charge in [-0.2, -0.15) is 0 Å². The molecule has 1 aromatic heterocycles. The summed E-state index contributed by atoms with van der Waals surface area (Å²) < 4.78 is 19.0. The van der Waals surface area contributed by atoms with Crippen LogP contribution in [-0.2, 0) is 13.1 Å². The maximum absolute atomic E-state index is 13.8. The zero-order chi connectivity index (χ0) is 12.3. The van der Waals surface area contributed by atoms with Gasteiger partial charge in [0.25, 0.3) is 0 Å². The Labute approximate surface area is 99.6 Å². The predicted molar refractivity (Wildman–Crippen MR) is 65.1 cm³/mol. The third-order valence-corrected chi connectivity index (χ3v) is 2.63. The number of rotatable bonds is 4. The van der Waals surface area contributed by atoms with Gasteiger partial charge in [0.2, 0.25) is 0 Å². The highest BCUT2D eigenvalue weighted by Crippen LogP contribution is 2.21. The molecular formula is C13H15FN2O. The molecule has 0 unspecified atom stereocenters. The van der Waals surface area contributed by atoms with Gasteiger partial charge in [-0.15, -0.1) is 0 Å². The number of hydrogen-bond acceptors (Lipinski definition) is 3. The Hall–Kier alpha value is -1.81. The van der Waals surface area contributed by atoms with Gasteiger partial charge in [0.15, 0.2) is 0 Å². The van der Waals surface area contributed by atoms with Crippen LogP contribution in [0.25, 0.3) is 0 Å². The first kappa shape index (κ1) is 11.7. The summed E-state index contributed by atoms with van der Waals surface area (Å²) in [5.74, 6) is 0.539. The van der Waals surface area contributed by atoms with E-state index in [1.54, 1.807) is 17.2 Å². The van der Waals surface area contributed by atoms with Crippen molar-refractivity contribution >= 4 is 5.69 Å². The zero-order valence-corrected chi connectivity index (χ0v) is 9.69. The quantitative estimate of drug-likeness (QED) is 0.883. The van der Waals surface area contributed by atoms with Crippen LogP contribution in [0.2, 0.25) is 0 Å². The third-order valence-electron chi connectivity index (χ3n) is 2.63. The molecule has 0 saturated carbocycles. The molecule has 0 spiro atoms. The highest BCUT2D eigenvalue weighted by atomic mass is 19.1. The maximum Gasteiger partial charge on any atom is 0.146 e. The Morgan fingerprint density at radius 1 is 1.35 bits per heavy atom. The van der Waals surface area contributed by atoms with E-state index in [4.69, 9.17) is 10.2 Å². The molecule has 1 aromatic carbocycles. The lowest BCUT2D eigenvalue weighted by molar-refractivity contribution is 0.505. The summed E-state index contributed by atoms with van der Waals surface area (Å²) in [5, 5.41) is 0. The Morgan fingerprint density at radius 2 is 2.18 bits per heavy atom. The summed E-state index contributed by atoms with van der Waals surface area (Å²) in [4.78, 5) is 1.80. The number of hydrogen-bond donors (Lipinski definition) is 1. The summed E-state index contributed by atoms with van der Waals surface area (Å²) in [6.45, 7) is 0.880. The van der Waals surface area contributed by atoms with Crippen molar-refractivity contribution in [3.8, 4) is 0 Å². The van der Waals surface area contributed by atoms with E-state index in [0.717, 1.165) is 11.3 Å². The molecule has 4 heteroatoms. The van der Waals surface area contributed by atoms with Crippen molar-refractivity contribution in [2.24, 2.45) is 5.73 Å². The van der Waals surface area contributed by atoms with Crippen LogP contribution in [-0.4, -0.2) is 7.05 Å². The van der Waals surface area contributed by atoms with Crippen LogP contribution in [0.4, 0.5) is 10.1 Å². The van der Waals surface area contributed by atoms with Gasteiger partial charge in [-0.25, -0.2) is 4.39 Å². The first-order valence-corrected chi connectivity index (χ1v) is 5.42. The molecule has 90 valence electrons. The molecular weight excluding hydrogens is 219 g/mol. The van der Waals surface area contributed by atoms with Gasteiger partial charge >= 0.3 is 0 Å². The second kappa shape index (κ2) is 5.01. The summed E-state index contributed by atoms with van der Waals surface area (Å²) >= 11 is 0. The minimum atomic E-state index is -0.262. The molecule has 0 amide bonds. The van der Waals surface area contributed by atoms with E-state index in [1.807, 2.05) is 25.2 Å². The van der Waals surface area contributed by atoms with E-state index in [2.05, 4.69) is 0 Å². The van der Waals surface area contributed by atoms with Crippen LogP contribution >= 0.6 is 0 Å². The van der Waals surface area contributed by atoms with Crippen LogP contribution in [0.1, 0.15) is 11.3 Å². The monoisotopic (exact) mass is 234 g/mol. The maximum atomic E-state index is 13.8. The first-order chi connectivity index (χ1) is 8.20. The lowest BCUT2D eigenvalue weighted by Gasteiger charge is -2.19. The SMILES string of the molecule is CN(Cc1ccco1)c1ccc(CN)cc1F. The van der Waals surface area contributed by atoms with E-state index in [9.17, 15) is 4.39 Å². The van der Waals surface area contributed by atoms with Crippen LogP contribution in [0.3, 0.4) is 0 Å². The van der Waals surface area contributed by atoms with E-state index in [1.165, 1.54) is 6.07 Å². The van der Waals surface area contributed by atoms with Crippen molar-refractivity contribution in [1.29, 1.82) is 0 Å². The van der Waals surface area contributed by atoms with Crippen molar-refractivity contribution in [2.75, 3.05) is 11.9 Å². The molecule has 0 fully saturated rings. The summed E-state index contributed by atoms with van der Waals surface area (Å²) in [6.07, 6.45) is 1.61. The molecule has 0 aliphatic carbocycles. The van der Waals surface area contributed by atoms with Crippen molar-refractivity contribution < 1.29 is 8.81 Å². The van der Waals surface area contributed by atoms with E-state index < -0.39 is 0 Å².